The van der Waals surface area contributed by atoms with Gasteiger partial charge in [-0.1, -0.05) is 20.8 Å². The summed E-state index contributed by atoms with van der Waals surface area (Å²) in [6, 6.07) is 0. The van der Waals surface area contributed by atoms with Crippen LogP contribution < -0.4 is 5.32 Å². The molecule has 1 aliphatic carbocycles. The first kappa shape index (κ1) is 15.3. The van der Waals surface area contributed by atoms with E-state index >= 15 is 0 Å². The molecule has 0 aromatic heterocycles. The molecule has 0 radical (unpaired) electrons. The fourth-order valence-corrected chi connectivity index (χ4v) is 3.70. The van der Waals surface area contributed by atoms with Crippen molar-refractivity contribution in [3.63, 3.8) is 0 Å². The molecule has 1 rings (SSSR count). The molecule has 1 aliphatic rings. The van der Waals surface area contributed by atoms with Gasteiger partial charge >= 0.3 is 0 Å². The van der Waals surface area contributed by atoms with E-state index in [2.05, 4.69) is 26.1 Å². The number of nitrogens with one attached hydrogen (secondary N) is 1. The summed E-state index contributed by atoms with van der Waals surface area (Å²) >= 11 is 2.01. The third kappa shape index (κ3) is 5.19. The van der Waals surface area contributed by atoms with Crippen molar-refractivity contribution in [3.8, 4) is 0 Å². The fraction of sp³-hybridized carbons (Fsp3) is 1.00. The average molecular weight is 259 g/mol. The molecule has 0 spiro atoms. The molecule has 0 bridgehead atoms. The van der Waals surface area contributed by atoms with Crippen LogP contribution >= 0.6 is 11.8 Å². The average Bonchev–Trinajstić information content (AvgIpc) is 3.13. The van der Waals surface area contributed by atoms with E-state index in [1.165, 1.54) is 25.0 Å². The molecule has 0 amide bonds. The Hall–Kier alpha value is 0.270. The van der Waals surface area contributed by atoms with Gasteiger partial charge in [-0.3, -0.25) is 0 Å². The largest absolute Gasteiger partial charge is 0.394 e. The molecule has 102 valence electrons. The van der Waals surface area contributed by atoms with Gasteiger partial charge in [0.15, 0.2) is 0 Å². The molecule has 2 nitrogen and oxygen atoms in total. The van der Waals surface area contributed by atoms with Gasteiger partial charge in [-0.05, 0) is 49.8 Å². The molecule has 0 aromatic rings. The van der Waals surface area contributed by atoms with Gasteiger partial charge < -0.3 is 10.4 Å². The van der Waals surface area contributed by atoms with Gasteiger partial charge in [0.1, 0.15) is 0 Å². The third-order valence-corrected chi connectivity index (χ3v) is 4.81. The highest BCUT2D eigenvalue weighted by Crippen LogP contribution is 2.41. The highest BCUT2D eigenvalue weighted by molar-refractivity contribution is 7.99. The van der Waals surface area contributed by atoms with Crippen molar-refractivity contribution in [1.29, 1.82) is 0 Å². The Bertz CT molecular complexity index is 206. The second-order valence-electron chi connectivity index (χ2n) is 5.75. The molecular formula is C14H29NOS. The van der Waals surface area contributed by atoms with Crippen LogP contribution in [-0.4, -0.2) is 35.3 Å². The van der Waals surface area contributed by atoms with Crippen molar-refractivity contribution in [2.45, 2.75) is 52.0 Å². The Kier molecular flexibility index (Phi) is 6.90. The normalized spacial score (nSPS) is 19.6. The number of aliphatic hydroxyl groups excluding tert-OH is 1. The zero-order valence-corrected chi connectivity index (χ0v) is 12.5. The minimum atomic E-state index is 0.0116. The number of rotatable bonds is 10. The Balaban J connectivity index is 2.34. The van der Waals surface area contributed by atoms with Crippen molar-refractivity contribution >= 4 is 11.8 Å². The number of thioether (sulfide) groups is 1. The first-order chi connectivity index (χ1) is 8.14. The minimum Gasteiger partial charge on any atom is -0.394 e. The molecule has 1 unspecified atom stereocenters. The SMILES string of the molecule is CCCNC(CO)(CSCCC(C)C)C1CC1. The molecule has 0 heterocycles. The lowest BCUT2D eigenvalue weighted by molar-refractivity contribution is 0.159. The van der Waals surface area contributed by atoms with E-state index in [-0.39, 0.29) is 5.54 Å². The molecule has 0 aromatic carbocycles. The minimum absolute atomic E-state index is 0.0116. The van der Waals surface area contributed by atoms with Crippen LogP contribution in [-0.2, 0) is 0 Å². The first-order valence-electron chi connectivity index (χ1n) is 7.08. The molecule has 1 atom stereocenters. The maximum atomic E-state index is 9.75. The standard InChI is InChI=1S/C14H29NOS/c1-4-8-15-14(10-16,13-5-6-13)11-17-9-7-12(2)3/h12-13,15-16H,4-11H2,1-3H3. The summed E-state index contributed by atoms with van der Waals surface area (Å²) in [5.41, 5.74) is 0.0116. The smallest absolute Gasteiger partial charge is 0.0624 e. The van der Waals surface area contributed by atoms with Gasteiger partial charge in [0.25, 0.3) is 0 Å². The van der Waals surface area contributed by atoms with E-state index in [1.54, 1.807) is 0 Å². The van der Waals surface area contributed by atoms with Crippen molar-refractivity contribution in [1.82, 2.24) is 5.32 Å². The second-order valence-corrected chi connectivity index (χ2v) is 6.86. The topological polar surface area (TPSA) is 32.3 Å². The number of hydrogen-bond acceptors (Lipinski definition) is 3. The highest BCUT2D eigenvalue weighted by atomic mass is 32.2. The van der Waals surface area contributed by atoms with Gasteiger partial charge in [0, 0.05) is 5.75 Å². The zero-order chi connectivity index (χ0) is 12.7. The highest BCUT2D eigenvalue weighted by Gasteiger charge is 2.44. The summed E-state index contributed by atoms with van der Waals surface area (Å²) in [5.74, 6) is 3.79. The molecule has 3 heteroatoms. The summed E-state index contributed by atoms with van der Waals surface area (Å²) in [6.45, 7) is 8.06. The van der Waals surface area contributed by atoms with E-state index in [0.717, 1.165) is 24.6 Å². The maximum Gasteiger partial charge on any atom is 0.0624 e. The summed E-state index contributed by atoms with van der Waals surface area (Å²) in [7, 11) is 0. The van der Waals surface area contributed by atoms with Crippen LogP contribution in [0, 0.1) is 11.8 Å². The van der Waals surface area contributed by atoms with Crippen LogP contribution in [0.4, 0.5) is 0 Å². The van der Waals surface area contributed by atoms with Crippen LogP contribution in [0.5, 0.6) is 0 Å². The molecule has 2 N–H and O–H groups in total. The number of hydrogen-bond donors (Lipinski definition) is 2. The van der Waals surface area contributed by atoms with E-state index < -0.39 is 0 Å². The first-order valence-corrected chi connectivity index (χ1v) is 8.23. The summed E-state index contributed by atoms with van der Waals surface area (Å²) in [5, 5.41) is 13.4. The van der Waals surface area contributed by atoms with E-state index in [0.29, 0.717) is 12.5 Å². The predicted molar refractivity (Wildman–Crippen MR) is 77.6 cm³/mol. The molecular weight excluding hydrogens is 230 g/mol. The lowest BCUT2D eigenvalue weighted by atomic mass is 9.96. The van der Waals surface area contributed by atoms with Crippen molar-refractivity contribution in [2.24, 2.45) is 11.8 Å². The Morgan fingerprint density at radius 2 is 2.12 bits per heavy atom. The van der Waals surface area contributed by atoms with Crippen LogP contribution in [0.1, 0.15) is 46.5 Å². The predicted octanol–water partition coefficient (Wildman–Crippen LogP) is 2.91. The van der Waals surface area contributed by atoms with Crippen LogP contribution in [0.3, 0.4) is 0 Å². The summed E-state index contributed by atoms with van der Waals surface area (Å²) in [6.07, 6.45) is 5.01. The van der Waals surface area contributed by atoms with E-state index in [4.69, 9.17) is 0 Å². The summed E-state index contributed by atoms with van der Waals surface area (Å²) < 4.78 is 0. The quantitative estimate of drug-likeness (QED) is 0.592. The monoisotopic (exact) mass is 259 g/mol. The molecule has 0 saturated heterocycles. The number of aliphatic hydroxyl groups is 1. The molecule has 1 fully saturated rings. The van der Waals surface area contributed by atoms with E-state index in [1.807, 2.05) is 11.8 Å². The molecule has 1 saturated carbocycles. The van der Waals surface area contributed by atoms with Crippen LogP contribution in [0.15, 0.2) is 0 Å². The van der Waals surface area contributed by atoms with Crippen LogP contribution in [0.25, 0.3) is 0 Å². The van der Waals surface area contributed by atoms with Crippen molar-refractivity contribution < 1.29 is 5.11 Å². The summed E-state index contributed by atoms with van der Waals surface area (Å²) in [4.78, 5) is 0. The van der Waals surface area contributed by atoms with Gasteiger partial charge in [-0.15, -0.1) is 0 Å². The molecule has 17 heavy (non-hydrogen) atoms. The van der Waals surface area contributed by atoms with Crippen LogP contribution in [0.2, 0.25) is 0 Å². The fourth-order valence-electron chi connectivity index (χ4n) is 2.13. The lowest BCUT2D eigenvalue weighted by Crippen LogP contribution is -2.53. The maximum absolute atomic E-state index is 9.75. The Morgan fingerprint density at radius 3 is 2.59 bits per heavy atom. The Labute approximate surface area is 111 Å². The molecule has 0 aliphatic heterocycles. The van der Waals surface area contributed by atoms with E-state index in [9.17, 15) is 5.11 Å². The Morgan fingerprint density at radius 1 is 1.41 bits per heavy atom. The van der Waals surface area contributed by atoms with Gasteiger partial charge in [-0.25, -0.2) is 0 Å². The third-order valence-electron chi connectivity index (χ3n) is 3.57. The van der Waals surface area contributed by atoms with Crippen molar-refractivity contribution in [2.75, 3.05) is 24.7 Å². The van der Waals surface area contributed by atoms with Crippen molar-refractivity contribution in [3.05, 3.63) is 0 Å². The van der Waals surface area contributed by atoms with Gasteiger partial charge in [0.05, 0.1) is 12.1 Å². The lowest BCUT2D eigenvalue weighted by Gasteiger charge is -2.33. The second kappa shape index (κ2) is 7.65. The zero-order valence-electron chi connectivity index (χ0n) is 11.7. The van der Waals surface area contributed by atoms with Gasteiger partial charge in [0.2, 0.25) is 0 Å². The van der Waals surface area contributed by atoms with Gasteiger partial charge in [-0.2, -0.15) is 11.8 Å².